The third kappa shape index (κ3) is 9.55. The van der Waals surface area contributed by atoms with Crippen molar-refractivity contribution >= 4 is 17.6 Å². The van der Waals surface area contributed by atoms with Crippen LogP contribution in [0.3, 0.4) is 0 Å². The second kappa shape index (κ2) is 16.1. The second-order valence-electron chi connectivity index (χ2n) is 14.0. The Bertz CT molecular complexity index is 1460. The van der Waals surface area contributed by atoms with Crippen LogP contribution in [0.5, 0.6) is 11.6 Å². The van der Waals surface area contributed by atoms with Gasteiger partial charge < -0.3 is 30.1 Å². The molecule has 0 bridgehead atoms. The summed E-state index contributed by atoms with van der Waals surface area (Å²) in [5, 5.41) is 9.33. The second-order valence-corrected chi connectivity index (χ2v) is 14.0. The molecule has 4 aliphatic rings. The molecule has 1 amide bonds. The van der Waals surface area contributed by atoms with Gasteiger partial charge in [0.1, 0.15) is 5.75 Å². The van der Waals surface area contributed by atoms with Crippen LogP contribution in [0.25, 0.3) is 0 Å². The van der Waals surface area contributed by atoms with E-state index in [2.05, 4.69) is 4.98 Å². The summed E-state index contributed by atoms with van der Waals surface area (Å²) in [4.78, 5) is 31.9. The van der Waals surface area contributed by atoms with Crippen molar-refractivity contribution in [2.45, 2.75) is 101 Å². The summed E-state index contributed by atoms with van der Waals surface area (Å²) < 4.78 is 79.0. The molecule has 3 N–H and O–H groups in total. The molecule has 6 rings (SSSR count). The summed E-state index contributed by atoms with van der Waals surface area (Å²) in [5.41, 5.74) is 6.77. The number of hydrogen-bond donors (Lipinski definition) is 2. The molecule has 1 aromatic carbocycles. The van der Waals surface area contributed by atoms with Crippen LogP contribution in [0.2, 0.25) is 0 Å². The first-order valence-electron chi connectivity index (χ1n) is 17.5. The predicted molar refractivity (Wildman–Crippen MR) is 177 cm³/mol. The van der Waals surface area contributed by atoms with Gasteiger partial charge in [-0.05, 0) is 99.3 Å². The topological polar surface area (TPSA) is 118 Å². The number of amides is 1. The normalized spacial score (nSPS) is 19.4. The van der Waals surface area contributed by atoms with Crippen LogP contribution < -0.4 is 20.1 Å². The molecule has 1 unspecified atom stereocenters. The fraction of sp³-hybridized carbons (Fsp3) is 0.639. The highest BCUT2D eigenvalue weighted by atomic mass is 19.4. The Balaban J connectivity index is 0.000000892. The zero-order valence-electron chi connectivity index (χ0n) is 28.3. The van der Waals surface area contributed by atoms with E-state index in [9.17, 15) is 36.6 Å². The Kier molecular flexibility index (Phi) is 12.1. The maximum atomic E-state index is 14.2. The maximum Gasteiger partial charge on any atom is 0.455 e. The van der Waals surface area contributed by atoms with E-state index in [0.717, 1.165) is 18.4 Å². The van der Waals surface area contributed by atoms with E-state index in [1.807, 2.05) is 17.0 Å². The highest BCUT2D eigenvalue weighted by Gasteiger charge is 2.59. The van der Waals surface area contributed by atoms with E-state index in [0.29, 0.717) is 86.0 Å². The average molecular weight is 711 g/mol. The zero-order chi connectivity index (χ0) is 36.1. The van der Waals surface area contributed by atoms with E-state index < -0.39 is 36.6 Å². The number of anilines is 1. The highest BCUT2D eigenvalue weighted by Crippen LogP contribution is 2.45. The highest BCUT2D eigenvalue weighted by molar-refractivity contribution is 6.00. The van der Waals surface area contributed by atoms with Crippen molar-refractivity contribution in [2.24, 2.45) is 17.6 Å². The lowest BCUT2D eigenvalue weighted by Gasteiger charge is -2.40. The Morgan fingerprint density at radius 3 is 2.18 bits per heavy atom. The van der Waals surface area contributed by atoms with Crippen LogP contribution >= 0.6 is 0 Å². The van der Waals surface area contributed by atoms with Crippen molar-refractivity contribution in [2.75, 3.05) is 38.3 Å². The minimum Gasteiger partial charge on any atom is -0.497 e. The van der Waals surface area contributed by atoms with Crippen LogP contribution in [-0.2, 0) is 4.79 Å². The molecular formula is C36H47F5N4O5. The molecule has 3 aliphatic carbocycles. The fourth-order valence-electron chi connectivity index (χ4n) is 6.57. The molecule has 0 spiro atoms. The Morgan fingerprint density at radius 2 is 1.66 bits per heavy atom. The van der Waals surface area contributed by atoms with E-state index >= 15 is 0 Å². The number of alkyl halides is 5. The molecule has 1 saturated heterocycles. The first-order chi connectivity index (χ1) is 23.8. The number of aromatic nitrogens is 1. The van der Waals surface area contributed by atoms with Gasteiger partial charge in [0.25, 0.3) is 5.91 Å². The molecule has 14 heteroatoms. The van der Waals surface area contributed by atoms with Crippen LogP contribution in [0, 0.1) is 11.8 Å². The van der Waals surface area contributed by atoms with Crippen LogP contribution in [0.1, 0.15) is 92.5 Å². The summed E-state index contributed by atoms with van der Waals surface area (Å²) in [6, 6.07) is 8.08. The molecule has 9 nitrogen and oxygen atoms in total. The van der Waals surface area contributed by atoms with Crippen LogP contribution in [-0.4, -0.2) is 84.4 Å². The summed E-state index contributed by atoms with van der Waals surface area (Å²) in [6.07, 6.45) is 4.57. The minimum atomic E-state index is -5.77. The van der Waals surface area contributed by atoms with Crippen molar-refractivity contribution in [3.05, 3.63) is 47.7 Å². The number of carbonyl (C=O) groups is 2. The first kappa shape index (κ1) is 37.6. The zero-order valence-corrected chi connectivity index (χ0v) is 28.3. The number of carbonyl (C=O) groups excluding carboxylic acids is 1. The molecule has 0 radical (unpaired) electrons. The molecule has 276 valence electrons. The predicted octanol–water partition coefficient (Wildman–Crippen LogP) is 7.04. The molecule has 2 heterocycles. The quantitative estimate of drug-likeness (QED) is 0.213. The lowest BCUT2D eigenvalue weighted by atomic mass is 9.90. The molecule has 3 saturated carbocycles. The number of nitrogens with two attached hydrogens (primary N) is 1. The molecule has 1 atom stereocenters. The number of hydrogen-bond acceptors (Lipinski definition) is 7. The molecule has 2 aromatic rings. The fourth-order valence-corrected chi connectivity index (χ4v) is 6.57. The van der Waals surface area contributed by atoms with Crippen LogP contribution in [0.4, 0.5) is 27.6 Å². The SMILES string of the molecule is COc1ccc(C(=O)N(CC(F)(F)C(F)(F)F)C2CCC2)c(N2CCC(COc3cc(C(CC(=O)O)C4CC4)ccn3)CC2)c1.NC1CCC1. The number of methoxy groups -OCH3 is 1. The van der Waals surface area contributed by atoms with Crippen molar-refractivity contribution < 1.29 is 46.1 Å². The van der Waals surface area contributed by atoms with Crippen molar-refractivity contribution in [3.63, 3.8) is 0 Å². The number of benzene rings is 1. The van der Waals surface area contributed by atoms with Gasteiger partial charge in [-0.3, -0.25) is 9.59 Å². The monoisotopic (exact) mass is 710 g/mol. The number of nitrogens with zero attached hydrogens (tertiary/aromatic N) is 3. The Hall–Kier alpha value is -3.68. The summed E-state index contributed by atoms with van der Waals surface area (Å²) in [6.45, 7) is -0.347. The molecule has 4 fully saturated rings. The molecule has 1 aliphatic heterocycles. The Labute approximate surface area is 289 Å². The van der Waals surface area contributed by atoms with Crippen molar-refractivity contribution in [3.8, 4) is 11.6 Å². The third-order valence-corrected chi connectivity index (χ3v) is 10.3. The van der Waals surface area contributed by atoms with Gasteiger partial charge in [-0.2, -0.15) is 22.0 Å². The first-order valence-corrected chi connectivity index (χ1v) is 17.5. The number of carboxylic acids is 1. The Morgan fingerprint density at radius 1 is 1.00 bits per heavy atom. The van der Waals surface area contributed by atoms with Crippen molar-refractivity contribution in [1.82, 2.24) is 9.88 Å². The summed E-state index contributed by atoms with van der Waals surface area (Å²) in [7, 11) is 1.45. The number of aliphatic carboxylic acids is 1. The van der Waals surface area contributed by atoms with Gasteiger partial charge in [0, 0.05) is 43.5 Å². The van der Waals surface area contributed by atoms with Gasteiger partial charge in [-0.25, -0.2) is 4.98 Å². The molecule has 50 heavy (non-hydrogen) atoms. The summed E-state index contributed by atoms with van der Waals surface area (Å²) in [5.74, 6) is -5.44. The summed E-state index contributed by atoms with van der Waals surface area (Å²) >= 11 is 0. The number of pyridine rings is 1. The largest absolute Gasteiger partial charge is 0.497 e. The third-order valence-electron chi connectivity index (χ3n) is 10.3. The van der Waals surface area contributed by atoms with Gasteiger partial charge in [0.05, 0.1) is 37.9 Å². The van der Waals surface area contributed by atoms with Gasteiger partial charge in [0.15, 0.2) is 0 Å². The van der Waals surface area contributed by atoms with Gasteiger partial charge in [-0.15, -0.1) is 0 Å². The van der Waals surface area contributed by atoms with Gasteiger partial charge >= 0.3 is 18.1 Å². The number of halogens is 5. The maximum absolute atomic E-state index is 14.2. The number of carboxylic acid groups (broad SMARTS) is 1. The number of rotatable bonds is 13. The van der Waals surface area contributed by atoms with E-state index in [-0.39, 0.29) is 23.8 Å². The molecular weight excluding hydrogens is 663 g/mol. The van der Waals surface area contributed by atoms with E-state index in [4.69, 9.17) is 15.2 Å². The van der Waals surface area contributed by atoms with Gasteiger partial charge in [0.2, 0.25) is 5.88 Å². The van der Waals surface area contributed by atoms with Crippen LogP contribution in [0.15, 0.2) is 36.5 Å². The van der Waals surface area contributed by atoms with Gasteiger partial charge in [-0.1, -0.05) is 6.42 Å². The average Bonchev–Trinajstić information content (AvgIpc) is 3.89. The minimum absolute atomic E-state index is 0.0583. The number of piperidine rings is 1. The number of ether oxygens (including phenoxy) is 2. The lowest BCUT2D eigenvalue weighted by Crippen LogP contribution is -2.54. The smallest absolute Gasteiger partial charge is 0.455 e. The lowest BCUT2D eigenvalue weighted by molar-refractivity contribution is -0.286. The van der Waals surface area contributed by atoms with Crippen molar-refractivity contribution in [1.29, 1.82) is 0 Å². The standard InChI is InChI=1S/C32H38F5N3O5.C4H9N/c1-44-24-7-8-25(30(43)40(23-3-2-4-23)19-31(33,34)32(35,36)37)27(16-24)39-13-10-20(11-14-39)18-45-28-15-22(9-12-38-28)26(17-29(41)42)21-5-6-21;5-4-2-1-3-4/h7-9,12,15-16,20-21,23,26H,2-6,10-11,13-14,17-19H2,1H3,(H,41,42);4H,1-3,5H2. The van der Waals surface area contributed by atoms with E-state index in [1.54, 1.807) is 12.3 Å². The van der Waals surface area contributed by atoms with E-state index in [1.165, 1.54) is 38.5 Å². The molecule has 1 aromatic heterocycles.